The maximum atomic E-state index is 14.2. The third-order valence-electron chi connectivity index (χ3n) is 4.26. The number of benzene rings is 2. The number of halogens is 3. The molecule has 1 aromatic heterocycles. The number of hydrogen-bond donors (Lipinski definition) is 1. The molecule has 0 aliphatic carbocycles. The molecule has 27 heavy (non-hydrogen) atoms. The molecule has 0 bridgehead atoms. The first-order valence-electron chi connectivity index (χ1n) is 8.54. The van der Waals surface area contributed by atoms with E-state index in [4.69, 9.17) is 16.3 Å². The van der Waals surface area contributed by atoms with Gasteiger partial charge in [-0.05, 0) is 53.8 Å². The molecule has 0 spiro atoms. The van der Waals surface area contributed by atoms with Crippen LogP contribution in [-0.4, -0.2) is 22.5 Å². The lowest BCUT2D eigenvalue weighted by Gasteiger charge is -2.16. The van der Waals surface area contributed by atoms with Crippen molar-refractivity contribution < 1.29 is 13.5 Å². The molecule has 0 radical (unpaired) electrons. The van der Waals surface area contributed by atoms with Crippen LogP contribution in [0.1, 0.15) is 31.2 Å². The maximum absolute atomic E-state index is 14.2. The summed E-state index contributed by atoms with van der Waals surface area (Å²) in [5.74, 6) is -1.56. The SMILES string of the molecule is Cc1nc2cc(C(C)C)c(-c3cc(F)c(F)c(OCCCl)c3)cc2c(=O)[nH]1. The molecule has 3 rings (SSSR count). The van der Waals surface area contributed by atoms with E-state index in [0.29, 0.717) is 27.9 Å². The van der Waals surface area contributed by atoms with Crippen molar-refractivity contribution in [2.24, 2.45) is 0 Å². The van der Waals surface area contributed by atoms with Gasteiger partial charge in [0, 0.05) is 0 Å². The van der Waals surface area contributed by atoms with Crippen molar-refractivity contribution in [2.45, 2.75) is 26.7 Å². The van der Waals surface area contributed by atoms with Crippen molar-refractivity contribution in [1.29, 1.82) is 0 Å². The van der Waals surface area contributed by atoms with Crippen LogP contribution in [0.4, 0.5) is 8.78 Å². The van der Waals surface area contributed by atoms with Crippen molar-refractivity contribution in [3.63, 3.8) is 0 Å². The van der Waals surface area contributed by atoms with Crippen molar-refractivity contribution >= 4 is 22.5 Å². The number of nitrogens with one attached hydrogen (secondary N) is 1. The number of aromatic nitrogens is 2. The Labute approximate surface area is 160 Å². The van der Waals surface area contributed by atoms with Gasteiger partial charge in [-0.15, -0.1) is 11.6 Å². The molecule has 1 heterocycles. The second-order valence-corrected chi connectivity index (χ2v) is 6.95. The van der Waals surface area contributed by atoms with Crippen LogP contribution >= 0.6 is 11.6 Å². The lowest BCUT2D eigenvalue weighted by Crippen LogP contribution is -2.10. The number of ether oxygens (including phenoxy) is 1. The molecule has 0 fully saturated rings. The first-order chi connectivity index (χ1) is 12.8. The van der Waals surface area contributed by atoms with Crippen LogP contribution < -0.4 is 10.3 Å². The third kappa shape index (κ3) is 3.81. The van der Waals surface area contributed by atoms with E-state index < -0.39 is 11.6 Å². The van der Waals surface area contributed by atoms with Gasteiger partial charge >= 0.3 is 0 Å². The van der Waals surface area contributed by atoms with Crippen LogP contribution in [0, 0.1) is 18.6 Å². The Morgan fingerprint density at radius 3 is 2.63 bits per heavy atom. The van der Waals surface area contributed by atoms with Crippen LogP contribution in [0.15, 0.2) is 29.1 Å². The summed E-state index contributed by atoms with van der Waals surface area (Å²) in [6.07, 6.45) is 0. The van der Waals surface area contributed by atoms with Crippen molar-refractivity contribution in [1.82, 2.24) is 9.97 Å². The number of hydrogen-bond acceptors (Lipinski definition) is 3. The van der Waals surface area contributed by atoms with Gasteiger partial charge in [0.2, 0.25) is 5.82 Å². The first kappa shape index (κ1) is 19.3. The average Bonchev–Trinajstić information content (AvgIpc) is 2.61. The van der Waals surface area contributed by atoms with E-state index in [9.17, 15) is 13.6 Å². The summed E-state index contributed by atoms with van der Waals surface area (Å²) in [5.41, 5.74) is 2.20. The summed E-state index contributed by atoms with van der Waals surface area (Å²) in [4.78, 5) is 19.4. The summed E-state index contributed by atoms with van der Waals surface area (Å²) < 4.78 is 33.4. The summed E-state index contributed by atoms with van der Waals surface area (Å²) in [5, 5.41) is 0.382. The molecule has 0 amide bonds. The molecule has 0 aliphatic heterocycles. The fourth-order valence-corrected chi connectivity index (χ4v) is 3.10. The molecule has 3 aromatic rings. The number of rotatable bonds is 5. The second kappa shape index (κ2) is 7.64. The second-order valence-electron chi connectivity index (χ2n) is 6.57. The standard InChI is InChI=1S/C20H19ClF2N2O2/c1-10(2)13-9-17-15(20(26)25-11(3)24-17)8-14(13)12-6-16(22)19(23)18(7-12)27-5-4-21/h6-10H,4-5H2,1-3H3,(H,24,25,26). The Balaban J connectivity index is 2.28. The van der Waals surface area contributed by atoms with E-state index in [-0.39, 0.29) is 29.7 Å². The van der Waals surface area contributed by atoms with Crippen LogP contribution in [0.25, 0.3) is 22.0 Å². The molecule has 1 N–H and O–H groups in total. The highest BCUT2D eigenvalue weighted by molar-refractivity contribution is 6.18. The van der Waals surface area contributed by atoms with Crippen LogP contribution in [-0.2, 0) is 0 Å². The predicted molar refractivity (Wildman–Crippen MR) is 103 cm³/mol. The van der Waals surface area contributed by atoms with Crippen LogP contribution in [0.3, 0.4) is 0 Å². The Hall–Kier alpha value is -2.47. The van der Waals surface area contributed by atoms with E-state index in [1.54, 1.807) is 13.0 Å². The largest absolute Gasteiger partial charge is 0.489 e. The number of nitrogens with zero attached hydrogens (tertiary/aromatic N) is 1. The quantitative estimate of drug-likeness (QED) is 0.627. The third-order valence-corrected chi connectivity index (χ3v) is 4.41. The lowest BCUT2D eigenvalue weighted by molar-refractivity contribution is 0.316. The Morgan fingerprint density at radius 1 is 1.22 bits per heavy atom. The van der Waals surface area contributed by atoms with Gasteiger partial charge in [0.15, 0.2) is 11.6 Å². The monoisotopic (exact) mass is 392 g/mol. The highest BCUT2D eigenvalue weighted by atomic mass is 35.5. The van der Waals surface area contributed by atoms with E-state index in [0.717, 1.165) is 11.6 Å². The van der Waals surface area contributed by atoms with E-state index in [1.165, 1.54) is 6.07 Å². The highest BCUT2D eigenvalue weighted by Crippen LogP contribution is 2.35. The maximum Gasteiger partial charge on any atom is 0.258 e. The van der Waals surface area contributed by atoms with Crippen molar-refractivity contribution in [3.8, 4) is 16.9 Å². The van der Waals surface area contributed by atoms with Gasteiger partial charge in [-0.25, -0.2) is 9.37 Å². The number of fused-ring (bicyclic) bond motifs is 1. The molecule has 4 nitrogen and oxygen atoms in total. The van der Waals surface area contributed by atoms with Gasteiger partial charge in [-0.1, -0.05) is 13.8 Å². The summed E-state index contributed by atoms with van der Waals surface area (Å²) in [6, 6.07) is 6.01. The number of aromatic amines is 1. The molecule has 0 saturated carbocycles. The molecular formula is C20H19ClF2N2O2. The Morgan fingerprint density at radius 2 is 1.96 bits per heavy atom. The number of alkyl halides is 1. The minimum Gasteiger partial charge on any atom is -0.489 e. The molecule has 2 aromatic carbocycles. The summed E-state index contributed by atoms with van der Waals surface area (Å²) in [6.45, 7) is 5.73. The van der Waals surface area contributed by atoms with E-state index in [1.807, 2.05) is 19.9 Å². The Kier molecular flexibility index (Phi) is 5.46. The topological polar surface area (TPSA) is 55.0 Å². The van der Waals surface area contributed by atoms with E-state index >= 15 is 0 Å². The number of H-pyrrole nitrogens is 1. The molecule has 0 saturated heterocycles. The molecule has 0 unspecified atom stereocenters. The van der Waals surface area contributed by atoms with Gasteiger partial charge in [-0.2, -0.15) is 4.39 Å². The zero-order chi connectivity index (χ0) is 19.7. The fraction of sp³-hybridized carbons (Fsp3) is 0.300. The normalized spacial score (nSPS) is 11.4. The minimum absolute atomic E-state index is 0.0546. The van der Waals surface area contributed by atoms with Crippen LogP contribution in [0.5, 0.6) is 5.75 Å². The van der Waals surface area contributed by atoms with Crippen LogP contribution in [0.2, 0.25) is 0 Å². The minimum atomic E-state index is -1.06. The smallest absolute Gasteiger partial charge is 0.258 e. The Bertz CT molecular complexity index is 1060. The van der Waals surface area contributed by atoms with Gasteiger partial charge in [0.25, 0.3) is 5.56 Å². The summed E-state index contributed by atoms with van der Waals surface area (Å²) >= 11 is 5.58. The molecular weight excluding hydrogens is 374 g/mol. The fourth-order valence-electron chi connectivity index (χ4n) is 3.02. The van der Waals surface area contributed by atoms with Crippen molar-refractivity contribution in [2.75, 3.05) is 12.5 Å². The first-order valence-corrected chi connectivity index (χ1v) is 9.08. The molecule has 0 aliphatic rings. The predicted octanol–water partition coefficient (Wildman–Crippen LogP) is 4.92. The van der Waals surface area contributed by atoms with Gasteiger partial charge in [-0.3, -0.25) is 4.79 Å². The average molecular weight is 393 g/mol. The molecule has 0 atom stereocenters. The zero-order valence-electron chi connectivity index (χ0n) is 15.2. The van der Waals surface area contributed by atoms with E-state index in [2.05, 4.69) is 9.97 Å². The molecule has 7 heteroatoms. The summed E-state index contributed by atoms with van der Waals surface area (Å²) in [7, 11) is 0. The molecule has 142 valence electrons. The van der Waals surface area contributed by atoms with Gasteiger partial charge in [0.1, 0.15) is 12.4 Å². The zero-order valence-corrected chi connectivity index (χ0v) is 16.0. The number of aryl methyl sites for hydroxylation is 1. The van der Waals surface area contributed by atoms with Gasteiger partial charge < -0.3 is 9.72 Å². The van der Waals surface area contributed by atoms with Crippen molar-refractivity contribution in [3.05, 3.63) is 57.6 Å². The highest BCUT2D eigenvalue weighted by Gasteiger charge is 2.18. The van der Waals surface area contributed by atoms with Gasteiger partial charge in [0.05, 0.1) is 16.8 Å². The lowest BCUT2D eigenvalue weighted by atomic mass is 9.91.